The number of sulfonamides is 1. The first-order valence-electron chi connectivity index (χ1n) is 12.5. The number of hydrogen-bond donors (Lipinski definition) is 1. The average Bonchev–Trinajstić information content (AvgIpc) is 2.89. The van der Waals surface area contributed by atoms with Crippen molar-refractivity contribution in [1.82, 2.24) is 10.2 Å². The van der Waals surface area contributed by atoms with Crippen molar-refractivity contribution in [3.8, 4) is 0 Å². The van der Waals surface area contributed by atoms with Crippen LogP contribution in [0.1, 0.15) is 30.5 Å². The molecule has 9 heteroatoms. The standard InChI is InChI=1S/C29H34ClN3O4S/c1-4-22-14-16-26(17-15-22)33(38(3,36)37)21-28(34)32(20-24-12-9-13-25(30)18-24)27(29(35)31-5-2)19-23-10-7-6-8-11-23/h6-18,27H,4-5,19-21H2,1-3H3,(H,31,35)/t27-/m0/s1. The van der Waals surface area contributed by atoms with Crippen molar-refractivity contribution in [3.05, 3.63) is 101 Å². The third-order valence-electron chi connectivity index (χ3n) is 6.18. The number of rotatable bonds is 12. The molecule has 0 saturated carbocycles. The van der Waals surface area contributed by atoms with Gasteiger partial charge in [0.2, 0.25) is 21.8 Å². The van der Waals surface area contributed by atoms with E-state index in [0.717, 1.165) is 33.7 Å². The van der Waals surface area contributed by atoms with Crippen molar-refractivity contribution in [2.75, 3.05) is 23.7 Å². The SMILES string of the molecule is CCNC(=O)[C@H](Cc1ccccc1)N(Cc1cccc(Cl)c1)C(=O)CN(c1ccc(CC)cc1)S(C)(=O)=O. The van der Waals surface area contributed by atoms with Crippen molar-refractivity contribution in [1.29, 1.82) is 0 Å². The number of nitrogens with one attached hydrogen (secondary N) is 1. The van der Waals surface area contributed by atoms with Gasteiger partial charge in [-0.3, -0.25) is 13.9 Å². The van der Waals surface area contributed by atoms with E-state index in [1.54, 1.807) is 30.3 Å². The second-order valence-corrected chi connectivity index (χ2v) is 11.4. The van der Waals surface area contributed by atoms with Crippen molar-refractivity contribution in [2.45, 2.75) is 39.3 Å². The quantitative estimate of drug-likeness (QED) is 0.358. The lowest BCUT2D eigenvalue weighted by Crippen LogP contribution is -2.53. The molecule has 0 radical (unpaired) electrons. The second kappa shape index (κ2) is 13.4. The summed E-state index contributed by atoms with van der Waals surface area (Å²) in [7, 11) is -3.80. The maximum Gasteiger partial charge on any atom is 0.244 e. The largest absolute Gasteiger partial charge is 0.355 e. The zero-order valence-corrected chi connectivity index (χ0v) is 23.5. The summed E-state index contributed by atoms with van der Waals surface area (Å²) in [6.07, 6.45) is 2.14. The Balaban J connectivity index is 2.02. The molecule has 0 aliphatic heterocycles. The summed E-state index contributed by atoms with van der Waals surface area (Å²) in [5, 5.41) is 3.34. The van der Waals surface area contributed by atoms with E-state index in [0.29, 0.717) is 17.3 Å². The number of nitrogens with zero attached hydrogens (tertiary/aromatic N) is 2. The van der Waals surface area contributed by atoms with E-state index in [2.05, 4.69) is 5.32 Å². The molecule has 1 atom stereocenters. The van der Waals surface area contributed by atoms with Crippen molar-refractivity contribution in [3.63, 3.8) is 0 Å². The predicted molar refractivity (Wildman–Crippen MR) is 153 cm³/mol. The summed E-state index contributed by atoms with van der Waals surface area (Å²) in [4.78, 5) is 28.7. The summed E-state index contributed by atoms with van der Waals surface area (Å²) in [5.41, 5.74) is 3.04. The van der Waals surface area contributed by atoms with Crippen LogP contribution in [0, 0.1) is 0 Å². The number of hydrogen-bond acceptors (Lipinski definition) is 4. The fraction of sp³-hybridized carbons (Fsp3) is 0.310. The molecule has 0 aliphatic rings. The molecule has 0 spiro atoms. The molecular weight excluding hydrogens is 522 g/mol. The van der Waals surface area contributed by atoms with Crippen LogP contribution in [0.3, 0.4) is 0 Å². The number of aryl methyl sites for hydroxylation is 1. The average molecular weight is 556 g/mol. The first-order chi connectivity index (χ1) is 18.1. The maximum absolute atomic E-state index is 13.9. The Labute approximate surface area is 230 Å². The number of anilines is 1. The van der Waals surface area contributed by atoms with Crippen LogP contribution < -0.4 is 9.62 Å². The molecule has 0 heterocycles. The molecule has 0 aromatic heterocycles. The highest BCUT2D eigenvalue weighted by atomic mass is 35.5. The topological polar surface area (TPSA) is 86.8 Å². The van der Waals surface area contributed by atoms with E-state index in [4.69, 9.17) is 11.6 Å². The van der Waals surface area contributed by atoms with Crippen LogP contribution >= 0.6 is 11.6 Å². The van der Waals surface area contributed by atoms with Crippen molar-refractivity contribution >= 4 is 39.1 Å². The van der Waals surface area contributed by atoms with Crippen molar-refractivity contribution in [2.24, 2.45) is 0 Å². The third-order valence-corrected chi connectivity index (χ3v) is 7.55. The number of amides is 2. The Morgan fingerprint density at radius 1 is 0.895 bits per heavy atom. The van der Waals surface area contributed by atoms with Gasteiger partial charge in [0.1, 0.15) is 12.6 Å². The minimum Gasteiger partial charge on any atom is -0.355 e. The molecule has 0 unspecified atom stereocenters. The molecule has 202 valence electrons. The summed E-state index contributed by atoms with van der Waals surface area (Å²) < 4.78 is 26.7. The Morgan fingerprint density at radius 3 is 2.13 bits per heavy atom. The molecule has 3 rings (SSSR count). The van der Waals surface area contributed by atoms with E-state index in [9.17, 15) is 18.0 Å². The smallest absolute Gasteiger partial charge is 0.244 e. The molecule has 0 saturated heterocycles. The van der Waals surface area contributed by atoms with Gasteiger partial charge in [-0.25, -0.2) is 8.42 Å². The Bertz CT molecular complexity index is 1330. The predicted octanol–water partition coefficient (Wildman–Crippen LogP) is 4.44. The normalized spacial score (nSPS) is 12.0. The number of carbonyl (C=O) groups is 2. The highest BCUT2D eigenvalue weighted by Gasteiger charge is 2.32. The molecular formula is C29H34ClN3O4S. The first-order valence-corrected chi connectivity index (χ1v) is 14.8. The monoisotopic (exact) mass is 555 g/mol. The van der Waals surface area contributed by atoms with Gasteiger partial charge in [-0.05, 0) is 54.3 Å². The van der Waals surface area contributed by atoms with Crippen LogP contribution in [0.2, 0.25) is 5.02 Å². The number of likely N-dealkylation sites (N-methyl/N-ethyl adjacent to an activating group) is 1. The van der Waals surface area contributed by atoms with Gasteiger partial charge in [-0.2, -0.15) is 0 Å². The molecule has 0 aliphatic carbocycles. The molecule has 7 nitrogen and oxygen atoms in total. The Kier molecular flexibility index (Phi) is 10.3. The lowest BCUT2D eigenvalue weighted by Gasteiger charge is -2.33. The Hall–Kier alpha value is -3.36. The number of halogens is 1. The van der Waals surface area contributed by atoms with Gasteiger partial charge in [-0.15, -0.1) is 0 Å². The number of carbonyl (C=O) groups excluding carboxylic acids is 2. The fourth-order valence-electron chi connectivity index (χ4n) is 4.19. The second-order valence-electron chi connectivity index (χ2n) is 9.04. The van der Waals surface area contributed by atoms with E-state index < -0.39 is 28.5 Å². The summed E-state index contributed by atoms with van der Waals surface area (Å²) >= 11 is 6.21. The highest BCUT2D eigenvalue weighted by molar-refractivity contribution is 7.92. The van der Waals surface area contributed by atoms with Gasteiger partial charge < -0.3 is 10.2 Å². The van der Waals surface area contributed by atoms with E-state index in [-0.39, 0.29) is 18.9 Å². The maximum atomic E-state index is 13.9. The zero-order chi connectivity index (χ0) is 27.7. The summed E-state index contributed by atoms with van der Waals surface area (Å²) in [6, 6.07) is 22.7. The van der Waals surface area contributed by atoms with Gasteiger partial charge in [0, 0.05) is 24.5 Å². The van der Waals surface area contributed by atoms with Gasteiger partial charge in [0.05, 0.1) is 11.9 Å². The van der Waals surface area contributed by atoms with E-state index in [1.807, 2.05) is 62.4 Å². The van der Waals surface area contributed by atoms with Crippen LogP contribution in [0.15, 0.2) is 78.9 Å². The molecule has 3 aromatic carbocycles. The molecule has 0 fully saturated rings. The van der Waals surface area contributed by atoms with E-state index in [1.165, 1.54) is 4.90 Å². The fourth-order valence-corrected chi connectivity index (χ4v) is 5.25. The third kappa shape index (κ3) is 8.07. The van der Waals surface area contributed by atoms with Crippen LogP contribution in [-0.4, -0.2) is 50.5 Å². The summed E-state index contributed by atoms with van der Waals surface area (Å²) in [6.45, 7) is 3.85. The van der Waals surface area contributed by atoms with Crippen LogP contribution in [-0.2, 0) is 39.0 Å². The molecule has 1 N–H and O–H groups in total. The lowest BCUT2D eigenvalue weighted by molar-refractivity contribution is -0.140. The van der Waals surface area contributed by atoms with Gasteiger partial charge in [0.25, 0.3) is 0 Å². The molecule has 0 bridgehead atoms. The molecule has 3 aromatic rings. The molecule has 2 amide bonds. The minimum atomic E-state index is -3.80. The van der Waals surface area contributed by atoms with Crippen LogP contribution in [0.5, 0.6) is 0 Å². The lowest BCUT2D eigenvalue weighted by atomic mass is 10.0. The van der Waals surface area contributed by atoms with Crippen LogP contribution in [0.25, 0.3) is 0 Å². The van der Waals surface area contributed by atoms with Crippen LogP contribution in [0.4, 0.5) is 5.69 Å². The minimum absolute atomic E-state index is 0.0837. The Morgan fingerprint density at radius 2 is 1.55 bits per heavy atom. The van der Waals surface area contributed by atoms with Crippen molar-refractivity contribution < 1.29 is 18.0 Å². The zero-order valence-electron chi connectivity index (χ0n) is 21.9. The highest BCUT2D eigenvalue weighted by Crippen LogP contribution is 2.22. The first kappa shape index (κ1) is 29.2. The van der Waals surface area contributed by atoms with E-state index >= 15 is 0 Å². The summed E-state index contributed by atoms with van der Waals surface area (Å²) in [5.74, 6) is -0.813. The van der Waals surface area contributed by atoms with Gasteiger partial charge in [-0.1, -0.05) is 73.1 Å². The van der Waals surface area contributed by atoms with Gasteiger partial charge in [0.15, 0.2) is 0 Å². The molecule has 38 heavy (non-hydrogen) atoms. The number of benzene rings is 3. The van der Waals surface area contributed by atoms with Gasteiger partial charge >= 0.3 is 0 Å².